The molecule has 0 amide bonds. The molecule has 0 spiro atoms. The normalized spacial score (nSPS) is 20.2. The molecule has 1 unspecified atom stereocenters. The molecule has 0 aliphatic heterocycles. The third kappa shape index (κ3) is 2.42. The third-order valence-electron chi connectivity index (χ3n) is 4.15. The van der Waals surface area contributed by atoms with Gasteiger partial charge < -0.3 is 0 Å². The zero-order valence-electron chi connectivity index (χ0n) is 11.2. The molecule has 3 N–H and O–H groups in total. The second-order valence-corrected chi connectivity index (χ2v) is 5.97. The van der Waals surface area contributed by atoms with Gasteiger partial charge in [-0.05, 0) is 24.7 Å². The van der Waals surface area contributed by atoms with Crippen LogP contribution < -0.4 is 11.3 Å². The summed E-state index contributed by atoms with van der Waals surface area (Å²) in [6, 6.07) is 0.0848. The number of nitrogens with one attached hydrogen (secondary N) is 1. The van der Waals surface area contributed by atoms with Crippen LogP contribution in [0.4, 0.5) is 0 Å². The van der Waals surface area contributed by atoms with Crippen LogP contribution in [0.3, 0.4) is 0 Å². The highest BCUT2D eigenvalue weighted by molar-refractivity contribution is 6.31. The van der Waals surface area contributed by atoms with Crippen molar-refractivity contribution in [3.8, 4) is 0 Å². The Balaban J connectivity index is 2.34. The van der Waals surface area contributed by atoms with Crippen LogP contribution in [-0.2, 0) is 6.54 Å². The van der Waals surface area contributed by atoms with Gasteiger partial charge >= 0.3 is 0 Å². The SMILES string of the molecule is CCCn1ncc(Cl)c1C(NN)C1(C)CCCC1. The Morgan fingerprint density at radius 1 is 1.56 bits per heavy atom. The molecule has 0 aromatic carbocycles. The molecule has 2 rings (SSSR count). The molecule has 1 aromatic rings. The van der Waals surface area contributed by atoms with Gasteiger partial charge in [-0.25, -0.2) is 0 Å². The van der Waals surface area contributed by atoms with Crippen LogP contribution in [0, 0.1) is 5.41 Å². The van der Waals surface area contributed by atoms with E-state index in [0.29, 0.717) is 0 Å². The molecule has 1 heterocycles. The molecule has 102 valence electrons. The fraction of sp³-hybridized carbons (Fsp3) is 0.769. The highest BCUT2D eigenvalue weighted by Crippen LogP contribution is 2.48. The van der Waals surface area contributed by atoms with Gasteiger partial charge in [-0.2, -0.15) is 5.10 Å². The number of nitrogens with two attached hydrogens (primary N) is 1. The molecule has 1 aliphatic rings. The van der Waals surface area contributed by atoms with Crippen LogP contribution in [0.2, 0.25) is 5.02 Å². The van der Waals surface area contributed by atoms with E-state index < -0.39 is 0 Å². The van der Waals surface area contributed by atoms with E-state index in [1.165, 1.54) is 25.7 Å². The first-order valence-electron chi connectivity index (χ1n) is 6.79. The molecule has 18 heavy (non-hydrogen) atoms. The van der Waals surface area contributed by atoms with E-state index in [2.05, 4.69) is 24.4 Å². The lowest BCUT2D eigenvalue weighted by molar-refractivity contribution is 0.214. The van der Waals surface area contributed by atoms with E-state index in [-0.39, 0.29) is 11.5 Å². The smallest absolute Gasteiger partial charge is 0.0834 e. The summed E-state index contributed by atoms with van der Waals surface area (Å²) in [5, 5.41) is 5.09. The van der Waals surface area contributed by atoms with Crippen molar-refractivity contribution in [1.82, 2.24) is 15.2 Å². The lowest BCUT2D eigenvalue weighted by Gasteiger charge is -2.34. The quantitative estimate of drug-likeness (QED) is 0.639. The number of halogens is 1. The van der Waals surface area contributed by atoms with Gasteiger partial charge in [0.1, 0.15) is 0 Å². The van der Waals surface area contributed by atoms with Crippen LogP contribution >= 0.6 is 11.6 Å². The minimum atomic E-state index is 0.0848. The first kappa shape index (κ1) is 13.8. The van der Waals surface area contributed by atoms with Gasteiger partial charge in [0.05, 0.1) is 23.0 Å². The van der Waals surface area contributed by atoms with Crippen molar-refractivity contribution in [3.05, 3.63) is 16.9 Å². The summed E-state index contributed by atoms with van der Waals surface area (Å²) in [6.45, 7) is 5.32. The minimum Gasteiger partial charge on any atom is -0.271 e. The van der Waals surface area contributed by atoms with Crippen molar-refractivity contribution in [1.29, 1.82) is 0 Å². The summed E-state index contributed by atoms with van der Waals surface area (Å²) in [4.78, 5) is 0. The number of aromatic nitrogens is 2. The van der Waals surface area contributed by atoms with E-state index in [9.17, 15) is 0 Å². The third-order valence-corrected chi connectivity index (χ3v) is 4.44. The van der Waals surface area contributed by atoms with Crippen molar-refractivity contribution in [2.24, 2.45) is 11.3 Å². The number of aryl methyl sites for hydroxylation is 1. The maximum atomic E-state index is 6.32. The van der Waals surface area contributed by atoms with Crippen LogP contribution in [0.15, 0.2) is 6.20 Å². The molecule has 0 saturated heterocycles. The molecular weight excluding hydrogens is 248 g/mol. The van der Waals surface area contributed by atoms with Crippen molar-refractivity contribution in [3.63, 3.8) is 0 Å². The highest BCUT2D eigenvalue weighted by Gasteiger charge is 2.40. The van der Waals surface area contributed by atoms with Gasteiger partial charge in [0, 0.05) is 6.54 Å². The molecule has 4 nitrogen and oxygen atoms in total. The topological polar surface area (TPSA) is 55.9 Å². The Bertz CT molecular complexity index is 396. The number of hydrazine groups is 1. The maximum Gasteiger partial charge on any atom is 0.0834 e. The summed E-state index contributed by atoms with van der Waals surface area (Å²) >= 11 is 6.32. The Hall–Kier alpha value is -0.580. The standard InChI is InChI=1S/C13H23ClN4/c1-3-8-18-11(10(14)9-16-18)12(17-15)13(2)6-4-5-7-13/h9,12,17H,3-8,15H2,1-2H3. The summed E-state index contributed by atoms with van der Waals surface area (Å²) < 4.78 is 2.00. The first-order chi connectivity index (χ1) is 8.62. The maximum absolute atomic E-state index is 6.32. The highest BCUT2D eigenvalue weighted by atomic mass is 35.5. The number of nitrogens with zero attached hydrogens (tertiary/aromatic N) is 2. The molecule has 1 atom stereocenters. The fourth-order valence-corrected chi connectivity index (χ4v) is 3.38. The summed E-state index contributed by atoms with van der Waals surface area (Å²) in [7, 11) is 0. The Morgan fingerprint density at radius 2 is 2.22 bits per heavy atom. The second kappa shape index (κ2) is 5.59. The fourth-order valence-electron chi connectivity index (χ4n) is 3.13. The van der Waals surface area contributed by atoms with E-state index in [4.69, 9.17) is 17.4 Å². The minimum absolute atomic E-state index is 0.0848. The van der Waals surface area contributed by atoms with Crippen molar-refractivity contribution >= 4 is 11.6 Å². The Labute approximate surface area is 114 Å². The Morgan fingerprint density at radius 3 is 2.78 bits per heavy atom. The molecular formula is C13H23ClN4. The molecule has 0 bridgehead atoms. The average Bonchev–Trinajstić information content (AvgIpc) is 2.92. The van der Waals surface area contributed by atoms with Gasteiger partial charge in [-0.15, -0.1) is 0 Å². The van der Waals surface area contributed by atoms with E-state index in [1.807, 2.05) is 4.68 Å². The van der Waals surface area contributed by atoms with E-state index >= 15 is 0 Å². The van der Waals surface area contributed by atoms with E-state index in [0.717, 1.165) is 23.7 Å². The number of hydrogen-bond acceptors (Lipinski definition) is 3. The van der Waals surface area contributed by atoms with Crippen molar-refractivity contribution in [2.75, 3.05) is 0 Å². The average molecular weight is 271 g/mol. The zero-order chi connectivity index (χ0) is 13.2. The van der Waals surface area contributed by atoms with Gasteiger partial charge in [-0.3, -0.25) is 16.0 Å². The predicted octanol–water partition coefficient (Wildman–Crippen LogP) is 3.03. The lowest BCUT2D eigenvalue weighted by atomic mass is 9.79. The summed E-state index contributed by atoms with van der Waals surface area (Å²) in [5.41, 5.74) is 4.21. The van der Waals surface area contributed by atoms with Crippen molar-refractivity contribution < 1.29 is 0 Å². The van der Waals surface area contributed by atoms with Gasteiger partial charge in [0.15, 0.2) is 0 Å². The molecule has 1 fully saturated rings. The molecule has 1 aliphatic carbocycles. The van der Waals surface area contributed by atoms with Crippen molar-refractivity contribution in [2.45, 2.75) is 58.5 Å². The molecule has 0 radical (unpaired) electrons. The first-order valence-corrected chi connectivity index (χ1v) is 7.17. The van der Waals surface area contributed by atoms with E-state index in [1.54, 1.807) is 6.20 Å². The van der Waals surface area contributed by atoms with Crippen LogP contribution in [0.5, 0.6) is 0 Å². The van der Waals surface area contributed by atoms with Gasteiger partial charge in [-0.1, -0.05) is 38.3 Å². The van der Waals surface area contributed by atoms with Crippen LogP contribution in [0.1, 0.15) is 57.7 Å². The van der Waals surface area contributed by atoms with Crippen LogP contribution in [-0.4, -0.2) is 9.78 Å². The van der Waals surface area contributed by atoms with Crippen LogP contribution in [0.25, 0.3) is 0 Å². The predicted molar refractivity (Wildman–Crippen MR) is 74.2 cm³/mol. The number of rotatable bonds is 5. The Kier molecular flexibility index (Phi) is 4.30. The molecule has 1 aromatic heterocycles. The molecule has 1 saturated carbocycles. The summed E-state index contributed by atoms with van der Waals surface area (Å²) in [5.74, 6) is 5.81. The summed E-state index contributed by atoms with van der Waals surface area (Å²) in [6.07, 6.45) is 7.70. The second-order valence-electron chi connectivity index (χ2n) is 5.56. The number of hydrogen-bond donors (Lipinski definition) is 2. The van der Waals surface area contributed by atoms with Gasteiger partial charge in [0.25, 0.3) is 0 Å². The largest absolute Gasteiger partial charge is 0.271 e. The van der Waals surface area contributed by atoms with Gasteiger partial charge in [0.2, 0.25) is 0 Å². The lowest BCUT2D eigenvalue weighted by Crippen LogP contribution is -2.40. The monoisotopic (exact) mass is 270 g/mol. The zero-order valence-corrected chi connectivity index (χ0v) is 12.0. The molecule has 5 heteroatoms.